The molecule has 13 heavy (non-hydrogen) atoms. The van der Waals surface area contributed by atoms with Gasteiger partial charge in [0.15, 0.2) is 17.2 Å². The molecular weight excluding hydrogens is 225 g/mol. The molecule has 80 valence electrons. The van der Waals surface area contributed by atoms with Crippen LogP contribution in [0.2, 0.25) is 0 Å². The van der Waals surface area contributed by atoms with E-state index in [0.717, 1.165) is 0 Å². The fraction of sp³-hybridized carbons (Fsp3) is 1.00. The van der Waals surface area contributed by atoms with E-state index in [0.29, 0.717) is 0 Å². The minimum absolute atomic E-state index is 0.871. The Balaban J connectivity index is 4.95. The van der Waals surface area contributed by atoms with Crippen LogP contribution < -0.4 is 0 Å². The third-order valence-corrected chi connectivity index (χ3v) is 1.76. The van der Waals surface area contributed by atoms with Crippen molar-refractivity contribution in [3.63, 3.8) is 0 Å². The highest BCUT2D eigenvalue weighted by atomic mass is 28.2. The Morgan fingerprint density at radius 3 is 1.62 bits per heavy atom. The molecule has 0 saturated carbocycles. The lowest BCUT2D eigenvalue weighted by molar-refractivity contribution is -0.373. The van der Waals surface area contributed by atoms with Crippen LogP contribution in [0.15, 0.2) is 0 Å². The van der Waals surface area contributed by atoms with E-state index in [4.69, 9.17) is 0 Å². The zero-order chi connectivity index (χ0) is 10.9. The van der Waals surface area contributed by atoms with Crippen LogP contribution in [-0.4, -0.2) is 35.1 Å². The molecule has 0 aliphatic rings. The molecule has 9 heteroatoms. The summed E-state index contributed by atoms with van der Waals surface area (Å²) >= 11 is 0. The van der Waals surface area contributed by atoms with Crippen molar-refractivity contribution in [3.8, 4) is 0 Å². The van der Waals surface area contributed by atoms with E-state index in [1.54, 1.807) is 0 Å². The molecule has 0 rings (SSSR count). The monoisotopic (exact) mass is 230 g/mol. The van der Waals surface area contributed by atoms with Crippen molar-refractivity contribution in [1.82, 2.24) is 0 Å². The Kier molecular flexibility index (Phi) is 3.36. The summed E-state index contributed by atoms with van der Waals surface area (Å²) in [5.74, 6) is -11.3. The van der Waals surface area contributed by atoms with Crippen LogP contribution >= 0.6 is 0 Å². The van der Waals surface area contributed by atoms with Gasteiger partial charge in [-0.05, 0) is 0 Å². The normalized spacial score (nSPS) is 15.0. The Morgan fingerprint density at radius 1 is 1.00 bits per heavy atom. The minimum Gasteiger partial charge on any atom is -0.369 e. The van der Waals surface area contributed by atoms with Gasteiger partial charge in [-0.3, -0.25) is 0 Å². The van der Waals surface area contributed by atoms with Gasteiger partial charge in [0.05, 0.1) is 0 Å². The molecule has 0 aromatic carbocycles. The van der Waals surface area contributed by atoms with Crippen LogP contribution in [0.25, 0.3) is 0 Å². The summed E-state index contributed by atoms with van der Waals surface area (Å²) in [5, 5.41) is 0. The number of hydrogen-bond donors (Lipinski definition) is 0. The topological polar surface area (TPSA) is 9.23 Å². The third kappa shape index (κ3) is 1.95. The molecule has 0 spiro atoms. The number of hydrogen-bond acceptors (Lipinski definition) is 1. The summed E-state index contributed by atoms with van der Waals surface area (Å²) in [7, 11) is -0.871. The second kappa shape index (κ2) is 3.44. The zero-order valence-corrected chi connectivity index (χ0v) is 8.26. The highest BCUT2D eigenvalue weighted by Gasteiger charge is 2.72. The molecule has 0 bridgehead atoms. The molecule has 0 aromatic heterocycles. The van der Waals surface area contributed by atoms with E-state index >= 15 is 0 Å². The summed E-state index contributed by atoms with van der Waals surface area (Å²) in [4.78, 5) is 0. The second-order valence-electron chi connectivity index (χ2n) is 2.13. The van der Waals surface area contributed by atoms with E-state index in [-0.39, 0.29) is 0 Å². The van der Waals surface area contributed by atoms with Crippen LogP contribution in [0.4, 0.5) is 30.7 Å². The first kappa shape index (κ1) is 12.7. The average Bonchev–Trinajstić information content (AvgIpc) is 2.03. The maximum absolute atomic E-state index is 12.1. The Labute approximate surface area is 71.4 Å². The molecule has 0 atom stereocenters. The van der Waals surface area contributed by atoms with Crippen LogP contribution in [0, 0.1) is 0 Å². The number of rotatable bonds is 4. The molecule has 0 unspecified atom stereocenters. The van der Waals surface area contributed by atoms with E-state index in [2.05, 4.69) is 4.43 Å². The molecule has 0 aliphatic heterocycles. The second-order valence-corrected chi connectivity index (χ2v) is 2.54. The molecule has 0 fully saturated rings. The van der Waals surface area contributed by atoms with Gasteiger partial charge in [-0.25, -0.2) is 4.39 Å². The van der Waals surface area contributed by atoms with E-state index in [1.165, 1.54) is 0 Å². The molecule has 0 radical (unpaired) electrons. The van der Waals surface area contributed by atoms with Crippen LogP contribution in [0.5, 0.6) is 0 Å². The Hall–Kier alpha value is -0.313. The van der Waals surface area contributed by atoms with Crippen molar-refractivity contribution in [1.29, 1.82) is 0 Å². The van der Waals surface area contributed by atoms with Gasteiger partial charge in [0.1, 0.15) is 0 Å². The summed E-state index contributed by atoms with van der Waals surface area (Å²) in [6.07, 6.45) is -5.34. The third-order valence-electron chi connectivity index (χ3n) is 1.25. The van der Waals surface area contributed by atoms with Gasteiger partial charge in [-0.15, -0.1) is 0 Å². The minimum atomic E-state index is -5.84. The zero-order valence-electron chi connectivity index (χ0n) is 6.26. The largest absolute Gasteiger partial charge is 0.416 e. The first-order valence-corrected chi connectivity index (χ1v) is 3.68. The van der Waals surface area contributed by atoms with Gasteiger partial charge in [0, 0.05) is 0 Å². The summed E-state index contributed by atoms with van der Waals surface area (Å²) in [6, 6.07) is 0. The van der Waals surface area contributed by atoms with Crippen molar-refractivity contribution in [2.24, 2.45) is 0 Å². The first-order valence-electron chi connectivity index (χ1n) is 2.87. The summed E-state index contributed by atoms with van der Waals surface area (Å²) in [6.45, 7) is -2.87. The van der Waals surface area contributed by atoms with Crippen LogP contribution in [-0.2, 0) is 4.43 Å². The number of halogens is 7. The van der Waals surface area contributed by atoms with Crippen LogP contribution in [0.1, 0.15) is 0 Å². The molecule has 0 aromatic rings. The molecule has 0 N–H and O–H groups in total. The highest BCUT2D eigenvalue weighted by Crippen LogP contribution is 2.45. The van der Waals surface area contributed by atoms with E-state index in [1.807, 2.05) is 0 Å². The van der Waals surface area contributed by atoms with Crippen molar-refractivity contribution in [3.05, 3.63) is 0 Å². The predicted octanol–water partition coefficient (Wildman–Crippen LogP) is 1.12. The lowest BCUT2D eigenvalue weighted by atomic mass is 10.2. The molecule has 0 aliphatic carbocycles. The SMILES string of the molecule is FCC(F)(F)C(F)(F)C(F)(F)O[SiH3]. The maximum atomic E-state index is 12.1. The highest BCUT2D eigenvalue weighted by molar-refractivity contribution is 5.98. The van der Waals surface area contributed by atoms with Gasteiger partial charge in [-0.2, -0.15) is 26.3 Å². The Morgan fingerprint density at radius 2 is 1.38 bits per heavy atom. The van der Waals surface area contributed by atoms with Crippen LogP contribution in [0.3, 0.4) is 0 Å². The van der Waals surface area contributed by atoms with Gasteiger partial charge in [-0.1, -0.05) is 0 Å². The van der Waals surface area contributed by atoms with Gasteiger partial charge >= 0.3 is 18.0 Å². The van der Waals surface area contributed by atoms with E-state index < -0.39 is 35.1 Å². The van der Waals surface area contributed by atoms with Crippen molar-refractivity contribution in [2.45, 2.75) is 18.0 Å². The average molecular weight is 230 g/mol. The van der Waals surface area contributed by atoms with Crippen molar-refractivity contribution >= 4 is 10.5 Å². The molecule has 0 saturated heterocycles. The molecule has 1 nitrogen and oxygen atoms in total. The standard InChI is InChI=1S/C4H5F7OSi/c5-1-2(6,7)3(8,9)4(10,11)12-13/h1H2,13H3. The maximum Gasteiger partial charge on any atom is 0.416 e. The van der Waals surface area contributed by atoms with Crippen molar-refractivity contribution in [2.75, 3.05) is 6.67 Å². The summed E-state index contributed by atoms with van der Waals surface area (Å²) < 4.78 is 86.5. The summed E-state index contributed by atoms with van der Waals surface area (Å²) in [5.41, 5.74) is 0. The molecule has 0 amide bonds. The fourth-order valence-corrected chi connectivity index (χ4v) is 0.681. The van der Waals surface area contributed by atoms with E-state index in [9.17, 15) is 30.7 Å². The van der Waals surface area contributed by atoms with Crippen molar-refractivity contribution < 1.29 is 35.2 Å². The number of alkyl halides is 7. The lowest BCUT2D eigenvalue weighted by Crippen LogP contribution is -2.56. The van der Waals surface area contributed by atoms with Gasteiger partial charge < -0.3 is 4.43 Å². The Bertz CT molecular complexity index is 163. The quantitative estimate of drug-likeness (QED) is 0.519. The molecular formula is C4H5F7OSi. The van der Waals surface area contributed by atoms with Gasteiger partial charge in [0.2, 0.25) is 0 Å². The fourth-order valence-electron chi connectivity index (χ4n) is 0.425. The predicted molar refractivity (Wildman–Crippen MR) is 31.8 cm³/mol. The van der Waals surface area contributed by atoms with Gasteiger partial charge in [0.25, 0.3) is 0 Å². The lowest BCUT2D eigenvalue weighted by Gasteiger charge is -2.29. The molecule has 0 heterocycles. The first-order chi connectivity index (χ1) is 5.62. The smallest absolute Gasteiger partial charge is 0.369 e.